The number of carbonyl (C=O) groups is 1. The summed E-state index contributed by atoms with van der Waals surface area (Å²) in [6.07, 6.45) is 1.92. The Bertz CT molecular complexity index is 1010. The number of rotatable bonds is 4. The molecule has 0 spiro atoms. The van der Waals surface area contributed by atoms with E-state index in [2.05, 4.69) is 10.3 Å². The van der Waals surface area contributed by atoms with Gasteiger partial charge in [-0.15, -0.1) is 0 Å². The van der Waals surface area contributed by atoms with Gasteiger partial charge in [0, 0.05) is 18.4 Å². The first-order valence-corrected chi connectivity index (χ1v) is 8.49. The van der Waals surface area contributed by atoms with E-state index >= 15 is 0 Å². The predicted octanol–water partition coefficient (Wildman–Crippen LogP) is 3.07. The molecule has 2 N–H and O–H groups in total. The first-order chi connectivity index (χ1) is 13.1. The van der Waals surface area contributed by atoms with Crippen LogP contribution >= 0.6 is 0 Å². The Kier molecular flexibility index (Phi) is 4.19. The maximum absolute atomic E-state index is 12.4. The molecule has 1 aliphatic rings. The molecule has 138 valence electrons. The van der Waals surface area contributed by atoms with Crippen LogP contribution in [0.15, 0.2) is 48.8 Å². The van der Waals surface area contributed by atoms with E-state index in [0.29, 0.717) is 23.0 Å². The van der Waals surface area contributed by atoms with E-state index in [1.54, 1.807) is 55.4 Å². The lowest BCUT2D eigenvalue weighted by atomic mass is 9.90. The number of imidazole rings is 1. The molecule has 0 radical (unpaired) electrons. The highest BCUT2D eigenvalue weighted by atomic mass is 16.5. The van der Waals surface area contributed by atoms with E-state index in [-0.39, 0.29) is 24.0 Å². The molecule has 2 aromatic carbocycles. The van der Waals surface area contributed by atoms with E-state index in [1.165, 1.54) is 0 Å². The van der Waals surface area contributed by atoms with E-state index in [1.807, 2.05) is 12.1 Å². The molecule has 0 saturated carbocycles. The lowest BCUT2D eigenvalue weighted by Crippen LogP contribution is -2.25. The first kappa shape index (κ1) is 17.0. The van der Waals surface area contributed by atoms with Crippen molar-refractivity contribution in [3.63, 3.8) is 0 Å². The summed E-state index contributed by atoms with van der Waals surface area (Å²) in [5.74, 6) is 1.70. The summed E-state index contributed by atoms with van der Waals surface area (Å²) >= 11 is 0. The van der Waals surface area contributed by atoms with E-state index in [4.69, 9.17) is 9.47 Å². The molecule has 0 unspecified atom stereocenters. The zero-order valence-corrected chi connectivity index (χ0v) is 15.0. The second-order valence-electron chi connectivity index (χ2n) is 6.29. The number of methoxy groups -OCH3 is 2. The van der Waals surface area contributed by atoms with Crippen LogP contribution in [0.4, 0.5) is 5.82 Å². The van der Waals surface area contributed by atoms with Crippen LogP contribution in [0.3, 0.4) is 0 Å². The van der Waals surface area contributed by atoms with Gasteiger partial charge in [0.05, 0.1) is 25.6 Å². The molecule has 0 aliphatic carbocycles. The molecule has 7 nitrogen and oxygen atoms in total. The Labute approximate surface area is 156 Å². The molecule has 7 heteroatoms. The highest BCUT2D eigenvalue weighted by Crippen LogP contribution is 2.39. The molecule has 0 bridgehead atoms. The summed E-state index contributed by atoms with van der Waals surface area (Å²) in [6.45, 7) is 0. The van der Waals surface area contributed by atoms with Crippen LogP contribution in [0.1, 0.15) is 23.6 Å². The maximum Gasteiger partial charge on any atom is 0.226 e. The van der Waals surface area contributed by atoms with Crippen LogP contribution in [-0.4, -0.2) is 34.8 Å². The average molecular weight is 365 g/mol. The largest absolute Gasteiger partial charge is 0.508 e. The minimum Gasteiger partial charge on any atom is -0.508 e. The molecule has 0 fully saturated rings. The normalized spacial score (nSPS) is 15.8. The number of hydrogen-bond acceptors (Lipinski definition) is 5. The molecule has 1 aromatic heterocycles. The number of nitrogens with one attached hydrogen (secondary N) is 1. The number of phenolic OH excluding ortho intramolecular Hbond substituents is 1. The first-order valence-electron chi connectivity index (χ1n) is 8.49. The number of benzene rings is 2. The molecule has 1 aliphatic heterocycles. The van der Waals surface area contributed by atoms with Crippen molar-refractivity contribution in [3.05, 3.63) is 60.0 Å². The summed E-state index contributed by atoms with van der Waals surface area (Å²) < 4.78 is 12.6. The van der Waals surface area contributed by atoms with Gasteiger partial charge in [0.25, 0.3) is 0 Å². The fraction of sp³-hybridized carbons (Fsp3) is 0.200. The number of carbonyl (C=O) groups excluding carboxylic acids is 1. The summed E-state index contributed by atoms with van der Waals surface area (Å²) in [5, 5.41) is 12.7. The van der Waals surface area contributed by atoms with Gasteiger partial charge >= 0.3 is 0 Å². The Hall–Kier alpha value is -3.48. The minimum atomic E-state index is -0.237. The average Bonchev–Trinajstić information content (AvgIpc) is 3.10. The van der Waals surface area contributed by atoms with Gasteiger partial charge in [0.15, 0.2) is 0 Å². The third-order valence-corrected chi connectivity index (χ3v) is 4.69. The van der Waals surface area contributed by atoms with Crippen molar-refractivity contribution < 1.29 is 19.4 Å². The Morgan fingerprint density at radius 2 is 2.04 bits per heavy atom. The van der Waals surface area contributed by atoms with Crippen molar-refractivity contribution in [2.75, 3.05) is 19.5 Å². The quantitative estimate of drug-likeness (QED) is 0.742. The van der Waals surface area contributed by atoms with Crippen LogP contribution < -0.4 is 14.8 Å². The fourth-order valence-electron chi connectivity index (χ4n) is 3.39. The summed E-state index contributed by atoms with van der Waals surface area (Å²) in [6, 6.07) is 12.4. The Morgan fingerprint density at radius 1 is 1.19 bits per heavy atom. The fourth-order valence-corrected chi connectivity index (χ4v) is 3.39. The zero-order chi connectivity index (χ0) is 19.0. The monoisotopic (exact) mass is 365 g/mol. The number of phenols is 1. The SMILES string of the molecule is COc1ccc(OC)c(-n2cnc3c2NC(=O)C[C@@H]3c2cccc(O)c2)c1. The van der Waals surface area contributed by atoms with Gasteiger partial charge in [-0.25, -0.2) is 4.98 Å². The van der Waals surface area contributed by atoms with Gasteiger partial charge in [0.1, 0.15) is 29.4 Å². The van der Waals surface area contributed by atoms with E-state index < -0.39 is 0 Å². The van der Waals surface area contributed by atoms with Crippen LogP contribution in [0.25, 0.3) is 5.69 Å². The Balaban J connectivity index is 1.85. The number of aromatic nitrogens is 2. The third kappa shape index (κ3) is 2.97. The van der Waals surface area contributed by atoms with Crippen molar-refractivity contribution in [2.24, 2.45) is 0 Å². The number of ether oxygens (including phenoxy) is 2. The molecule has 2 heterocycles. The van der Waals surface area contributed by atoms with Gasteiger partial charge in [-0.3, -0.25) is 9.36 Å². The van der Waals surface area contributed by atoms with Gasteiger partial charge in [-0.05, 0) is 29.8 Å². The number of anilines is 1. The smallest absolute Gasteiger partial charge is 0.226 e. The number of fused-ring (bicyclic) bond motifs is 1. The van der Waals surface area contributed by atoms with Crippen molar-refractivity contribution in [1.82, 2.24) is 9.55 Å². The molecule has 4 rings (SSSR count). The molecular weight excluding hydrogens is 346 g/mol. The number of hydrogen-bond donors (Lipinski definition) is 2. The molecule has 27 heavy (non-hydrogen) atoms. The van der Waals surface area contributed by atoms with Crippen molar-refractivity contribution in [2.45, 2.75) is 12.3 Å². The van der Waals surface area contributed by atoms with Crippen LogP contribution in [-0.2, 0) is 4.79 Å². The second kappa shape index (κ2) is 6.68. The molecular formula is C20H19N3O4. The maximum atomic E-state index is 12.4. The molecule has 1 atom stereocenters. The van der Waals surface area contributed by atoms with Gasteiger partial charge < -0.3 is 19.9 Å². The van der Waals surface area contributed by atoms with Gasteiger partial charge in [0.2, 0.25) is 5.91 Å². The van der Waals surface area contributed by atoms with E-state index in [0.717, 1.165) is 11.3 Å². The summed E-state index contributed by atoms with van der Waals surface area (Å²) in [5.41, 5.74) is 2.29. The zero-order valence-electron chi connectivity index (χ0n) is 15.0. The second-order valence-corrected chi connectivity index (χ2v) is 6.29. The molecule has 3 aromatic rings. The number of amides is 1. The van der Waals surface area contributed by atoms with Crippen molar-refractivity contribution in [1.29, 1.82) is 0 Å². The number of nitrogens with zero attached hydrogens (tertiary/aromatic N) is 2. The number of aromatic hydroxyl groups is 1. The standard InChI is InChI=1S/C20H19N3O4/c1-26-14-6-7-17(27-2)16(9-14)23-11-21-19-15(10-18(25)22-20(19)23)12-4-3-5-13(24)8-12/h3-9,11,15,24H,10H2,1-2H3,(H,22,25)/t15-/m1/s1. The predicted molar refractivity (Wildman–Crippen MR) is 99.9 cm³/mol. The third-order valence-electron chi connectivity index (χ3n) is 4.69. The van der Waals surface area contributed by atoms with Crippen LogP contribution in [0, 0.1) is 0 Å². The minimum absolute atomic E-state index is 0.112. The summed E-state index contributed by atoms with van der Waals surface area (Å²) in [7, 11) is 3.18. The molecule has 0 saturated heterocycles. The molecule has 1 amide bonds. The van der Waals surface area contributed by atoms with Crippen molar-refractivity contribution in [3.8, 4) is 22.9 Å². The van der Waals surface area contributed by atoms with Gasteiger partial charge in [-0.2, -0.15) is 0 Å². The summed E-state index contributed by atoms with van der Waals surface area (Å²) in [4.78, 5) is 16.9. The van der Waals surface area contributed by atoms with Crippen molar-refractivity contribution >= 4 is 11.7 Å². The van der Waals surface area contributed by atoms with Crippen LogP contribution in [0.5, 0.6) is 17.2 Å². The highest BCUT2D eigenvalue weighted by molar-refractivity contribution is 5.94. The Morgan fingerprint density at radius 3 is 2.78 bits per heavy atom. The van der Waals surface area contributed by atoms with Crippen LogP contribution in [0.2, 0.25) is 0 Å². The topological polar surface area (TPSA) is 85.6 Å². The lowest BCUT2D eigenvalue weighted by molar-refractivity contribution is -0.116. The highest BCUT2D eigenvalue weighted by Gasteiger charge is 2.31. The lowest BCUT2D eigenvalue weighted by Gasteiger charge is -2.24. The van der Waals surface area contributed by atoms with E-state index in [9.17, 15) is 9.90 Å². The van der Waals surface area contributed by atoms with Gasteiger partial charge in [-0.1, -0.05) is 12.1 Å².